The molecule has 0 saturated heterocycles. The van der Waals surface area contributed by atoms with Crippen LogP contribution in [-0.4, -0.2) is 12.1 Å². The van der Waals surface area contributed by atoms with Crippen molar-refractivity contribution in [2.45, 2.75) is 64.1 Å². The Hall–Kier alpha value is -1.16. The molecule has 2 aliphatic rings. The molecule has 2 aliphatic carbocycles. The summed E-state index contributed by atoms with van der Waals surface area (Å²) in [4.78, 5) is 0. The maximum Gasteiger partial charge on any atom is 0.191 e. The number of rotatable bonds is 5. The summed E-state index contributed by atoms with van der Waals surface area (Å²) < 4.78 is 33.8. The van der Waals surface area contributed by atoms with E-state index in [2.05, 4.69) is 12.2 Å². The molecule has 116 valence electrons. The number of halogens is 2. The Morgan fingerprint density at radius 1 is 1.14 bits per heavy atom. The second kappa shape index (κ2) is 6.30. The lowest BCUT2D eigenvalue weighted by molar-refractivity contribution is 0.118. The molecule has 0 aromatic heterocycles. The predicted octanol–water partition coefficient (Wildman–Crippen LogP) is 4.17. The molecule has 3 rings (SSSR count). The minimum absolute atomic E-state index is 0.0619. The monoisotopic (exact) mass is 295 g/mol. The van der Waals surface area contributed by atoms with Gasteiger partial charge < -0.3 is 10.1 Å². The van der Waals surface area contributed by atoms with Crippen LogP contribution in [0.3, 0.4) is 0 Å². The molecule has 2 fully saturated rings. The molecule has 2 nitrogen and oxygen atoms in total. The standard InChI is InChI=1S/C17H23F2NO/c1-11-3-2-4-14(7-11)21-17-15(18)8-12(9-16(17)19)10-20-13-5-6-13/h8-9,11,13-14,20H,2-7,10H2,1H3. The summed E-state index contributed by atoms with van der Waals surface area (Å²) in [5.41, 5.74) is 0.640. The lowest BCUT2D eigenvalue weighted by Crippen LogP contribution is -2.25. The smallest absolute Gasteiger partial charge is 0.191 e. The fourth-order valence-corrected chi connectivity index (χ4v) is 3.03. The summed E-state index contributed by atoms with van der Waals surface area (Å²) >= 11 is 0. The van der Waals surface area contributed by atoms with Gasteiger partial charge >= 0.3 is 0 Å². The van der Waals surface area contributed by atoms with Gasteiger partial charge in [-0.25, -0.2) is 8.78 Å². The molecule has 0 heterocycles. The van der Waals surface area contributed by atoms with E-state index >= 15 is 0 Å². The minimum Gasteiger partial charge on any atom is -0.484 e. The average Bonchev–Trinajstić information content (AvgIpc) is 3.25. The SMILES string of the molecule is CC1CCCC(Oc2c(F)cc(CNC3CC3)cc2F)C1. The molecule has 0 spiro atoms. The Labute approximate surface area is 124 Å². The first kappa shape index (κ1) is 14.8. The van der Waals surface area contributed by atoms with Crippen molar-refractivity contribution in [3.8, 4) is 5.75 Å². The van der Waals surface area contributed by atoms with Crippen LogP contribution in [0.4, 0.5) is 8.78 Å². The molecule has 2 unspecified atom stereocenters. The van der Waals surface area contributed by atoms with Crippen LogP contribution in [0.5, 0.6) is 5.75 Å². The first-order chi connectivity index (χ1) is 10.1. The molecule has 21 heavy (non-hydrogen) atoms. The Morgan fingerprint density at radius 3 is 2.48 bits per heavy atom. The molecule has 4 heteroatoms. The summed E-state index contributed by atoms with van der Waals surface area (Å²) in [7, 11) is 0. The summed E-state index contributed by atoms with van der Waals surface area (Å²) in [6, 6.07) is 3.30. The van der Waals surface area contributed by atoms with Gasteiger partial charge in [-0.2, -0.15) is 0 Å². The van der Waals surface area contributed by atoms with Crippen molar-refractivity contribution < 1.29 is 13.5 Å². The highest BCUT2D eigenvalue weighted by molar-refractivity contribution is 5.31. The molecule has 0 amide bonds. The van der Waals surface area contributed by atoms with E-state index in [1.165, 1.54) is 18.6 Å². The van der Waals surface area contributed by atoms with Crippen molar-refractivity contribution in [3.63, 3.8) is 0 Å². The Bertz CT molecular complexity index is 479. The molecule has 2 saturated carbocycles. The third kappa shape index (κ3) is 3.94. The highest BCUT2D eigenvalue weighted by Gasteiger charge is 2.24. The highest BCUT2D eigenvalue weighted by Crippen LogP contribution is 2.31. The molecular weight excluding hydrogens is 272 g/mol. The summed E-state index contributed by atoms with van der Waals surface area (Å²) in [6.45, 7) is 2.67. The van der Waals surface area contributed by atoms with Crippen molar-refractivity contribution in [1.29, 1.82) is 0 Å². The van der Waals surface area contributed by atoms with E-state index in [0.717, 1.165) is 32.1 Å². The van der Waals surface area contributed by atoms with Gasteiger partial charge in [0, 0.05) is 12.6 Å². The van der Waals surface area contributed by atoms with E-state index in [9.17, 15) is 8.78 Å². The quantitative estimate of drug-likeness (QED) is 0.880. The van der Waals surface area contributed by atoms with Crippen molar-refractivity contribution in [3.05, 3.63) is 29.3 Å². The molecule has 0 radical (unpaired) electrons. The Kier molecular flexibility index (Phi) is 4.43. The van der Waals surface area contributed by atoms with E-state index < -0.39 is 11.6 Å². The maximum atomic E-state index is 14.1. The molecule has 0 aliphatic heterocycles. The van der Waals surface area contributed by atoms with Crippen molar-refractivity contribution in [2.24, 2.45) is 5.92 Å². The summed E-state index contributed by atoms with van der Waals surface area (Å²) in [6.07, 6.45) is 6.26. The van der Waals surface area contributed by atoms with Gasteiger partial charge in [0.25, 0.3) is 0 Å². The van der Waals surface area contributed by atoms with Gasteiger partial charge in [0.2, 0.25) is 0 Å². The summed E-state index contributed by atoms with van der Waals surface area (Å²) in [5.74, 6) is -0.803. The van der Waals surface area contributed by atoms with Crippen LogP contribution in [0.1, 0.15) is 51.0 Å². The first-order valence-corrected chi connectivity index (χ1v) is 8.00. The molecular formula is C17H23F2NO. The number of nitrogens with one attached hydrogen (secondary N) is 1. The third-order valence-electron chi connectivity index (χ3n) is 4.40. The van der Waals surface area contributed by atoms with Gasteiger partial charge in [-0.15, -0.1) is 0 Å². The van der Waals surface area contributed by atoms with Crippen molar-refractivity contribution in [1.82, 2.24) is 5.32 Å². The Balaban J connectivity index is 1.66. The van der Waals surface area contributed by atoms with Crippen LogP contribution in [-0.2, 0) is 6.54 Å². The lowest BCUT2D eigenvalue weighted by atomic mass is 9.89. The van der Waals surface area contributed by atoms with E-state index in [0.29, 0.717) is 24.1 Å². The van der Waals surface area contributed by atoms with Gasteiger partial charge in [-0.1, -0.05) is 13.3 Å². The lowest BCUT2D eigenvalue weighted by Gasteiger charge is -2.27. The van der Waals surface area contributed by atoms with Crippen LogP contribution in [0.25, 0.3) is 0 Å². The van der Waals surface area contributed by atoms with E-state index in [1.807, 2.05) is 0 Å². The van der Waals surface area contributed by atoms with Gasteiger partial charge in [0.15, 0.2) is 17.4 Å². The van der Waals surface area contributed by atoms with Gasteiger partial charge in [-0.3, -0.25) is 0 Å². The Morgan fingerprint density at radius 2 is 1.86 bits per heavy atom. The van der Waals surface area contributed by atoms with Crippen LogP contribution in [0.15, 0.2) is 12.1 Å². The molecule has 0 bridgehead atoms. The number of ether oxygens (including phenoxy) is 1. The van der Waals surface area contributed by atoms with Crippen LogP contribution in [0, 0.1) is 17.6 Å². The largest absolute Gasteiger partial charge is 0.484 e. The molecule has 1 N–H and O–H groups in total. The van der Waals surface area contributed by atoms with E-state index in [-0.39, 0.29) is 11.9 Å². The van der Waals surface area contributed by atoms with Crippen LogP contribution < -0.4 is 10.1 Å². The third-order valence-corrected chi connectivity index (χ3v) is 4.40. The van der Waals surface area contributed by atoms with Crippen molar-refractivity contribution >= 4 is 0 Å². The van der Waals surface area contributed by atoms with E-state index in [4.69, 9.17) is 4.74 Å². The second-order valence-electron chi connectivity index (χ2n) is 6.56. The van der Waals surface area contributed by atoms with Gasteiger partial charge in [0.1, 0.15) is 0 Å². The van der Waals surface area contributed by atoms with Crippen molar-refractivity contribution in [2.75, 3.05) is 0 Å². The number of hydrogen-bond donors (Lipinski definition) is 1. The molecule has 1 aromatic rings. The van der Waals surface area contributed by atoms with Crippen LogP contribution >= 0.6 is 0 Å². The maximum absolute atomic E-state index is 14.1. The fourth-order valence-electron chi connectivity index (χ4n) is 3.03. The van der Waals surface area contributed by atoms with Gasteiger partial charge in [-0.05, 0) is 55.7 Å². The van der Waals surface area contributed by atoms with E-state index in [1.54, 1.807) is 0 Å². The molecule has 1 aromatic carbocycles. The number of benzene rings is 1. The molecule has 2 atom stereocenters. The first-order valence-electron chi connectivity index (χ1n) is 8.00. The second-order valence-corrected chi connectivity index (χ2v) is 6.56. The summed E-state index contributed by atoms with van der Waals surface area (Å²) in [5, 5.41) is 3.26. The minimum atomic E-state index is -0.583. The zero-order chi connectivity index (χ0) is 14.8. The van der Waals surface area contributed by atoms with Crippen LogP contribution in [0.2, 0.25) is 0 Å². The topological polar surface area (TPSA) is 21.3 Å². The zero-order valence-corrected chi connectivity index (χ0v) is 12.5. The van der Waals surface area contributed by atoms with Gasteiger partial charge in [0.05, 0.1) is 6.10 Å². The zero-order valence-electron chi connectivity index (χ0n) is 12.5. The normalized spacial score (nSPS) is 25.9. The average molecular weight is 295 g/mol. The predicted molar refractivity (Wildman–Crippen MR) is 78.3 cm³/mol. The fraction of sp³-hybridized carbons (Fsp3) is 0.647. The highest BCUT2D eigenvalue weighted by atomic mass is 19.1. The number of hydrogen-bond acceptors (Lipinski definition) is 2.